The van der Waals surface area contributed by atoms with Gasteiger partial charge in [0.25, 0.3) is 0 Å². The molecule has 0 aliphatic heterocycles. The lowest BCUT2D eigenvalue weighted by Gasteiger charge is -2.40. The van der Waals surface area contributed by atoms with Crippen LogP contribution in [0.25, 0.3) is 21.9 Å². The molecule has 0 spiro atoms. The number of pyridine rings is 1. The van der Waals surface area contributed by atoms with Gasteiger partial charge in [-0.2, -0.15) is 13.2 Å². The third kappa shape index (κ3) is 5.75. The van der Waals surface area contributed by atoms with Gasteiger partial charge < -0.3 is 14.7 Å². The fraction of sp³-hybridized carbons (Fsp3) is 0.229. The van der Waals surface area contributed by atoms with E-state index in [-0.39, 0.29) is 17.9 Å². The number of ether oxygens (including phenoxy) is 1. The molecule has 2 unspecified atom stereocenters. The standard InChI is InChI=1S/C35H33F3N2O2/c1-40(2)21-20-34(41,30-19-11-15-25-14-7-8-16-27(25)30)32(28-17-9-10-18-31(28)35(36,37)38)29-22-26(23-39-33(29)42-3)24-12-5-4-6-13-24/h4-19,22-23,32,41H,20-21H2,1-3H3. The summed E-state index contributed by atoms with van der Waals surface area (Å²) in [6, 6.07) is 29.9. The minimum atomic E-state index is -4.66. The highest BCUT2D eigenvalue weighted by molar-refractivity contribution is 5.87. The Hall–Kier alpha value is -4.20. The Kier molecular flexibility index (Phi) is 8.34. The van der Waals surface area contributed by atoms with Crippen LogP contribution in [0.5, 0.6) is 5.88 Å². The normalized spacial score (nSPS) is 14.1. The van der Waals surface area contributed by atoms with Gasteiger partial charge in [0.2, 0.25) is 5.88 Å². The average Bonchev–Trinajstić information content (AvgIpc) is 3.00. The van der Waals surface area contributed by atoms with E-state index < -0.39 is 23.3 Å². The van der Waals surface area contributed by atoms with Crippen LogP contribution < -0.4 is 4.74 Å². The fourth-order valence-electron chi connectivity index (χ4n) is 5.76. The number of benzene rings is 4. The van der Waals surface area contributed by atoms with E-state index in [1.165, 1.54) is 19.2 Å². The van der Waals surface area contributed by atoms with Crippen molar-refractivity contribution in [3.05, 3.63) is 132 Å². The number of halogens is 3. The Morgan fingerprint density at radius 3 is 2.14 bits per heavy atom. The van der Waals surface area contributed by atoms with Gasteiger partial charge in [0, 0.05) is 29.8 Å². The predicted molar refractivity (Wildman–Crippen MR) is 161 cm³/mol. The molecule has 0 aliphatic carbocycles. The van der Waals surface area contributed by atoms with Crippen molar-refractivity contribution in [2.75, 3.05) is 27.7 Å². The Morgan fingerprint density at radius 2 is 1.43 bits per heavy atom. The van der Waals surface area contributed by atoms with E-state index in [0.29, 0.717) is 23.2 Å². The van der Waals surface area contributed by atoms with Gasteiger partial charge in [-0.05, 0) is 60.1 Å². The Bertz CT molecular complexity index is 1670. The highest BCUT2D eigenvalue weighted by Crippen LogP contribution is 2.51. The molecular weight excluding hydrogens is 537 g/mol. The van der Waals surface area contributed by atoms with Gasteiger partial charge in [-0.25, -0.2) is 4.98 Å². The molecule has 1 N–H and O–H groups in total. The first kappa shape index (κ1) is 29.3. The van der Waals surface area contributed by atoms with Crippen molar-refractivity contribution in [1.29, 1.82) is 0 Å². The van der Waals surface area contributed by atoms with Crippen LogP contribution in [0, 0.1) is 0 Å². The van der Waals surface area contributed by atoms with Gasteiger partial charge in [0.15, 0.2) is 0 Å². The van der Waals surface area contributed by atoms with Crippen LogP contribution in [0.4, 0.5) is 13.2 Å². The molecule has 5 rings (SSSR count). The maximum Gasteiger partial charge on any atom is 0.416 e. The maximum absolute atomic E-state index is 14.7. The van der Waals surface area contributed by atoms with E-state index in [1.807, 2.05) is 91.8 Å². The second kappa shape index (κ2) is 12.0. The van der Waals surface area contributed by atoms with Crippen molar-refractivity contribution in [1.82, 2.24) is 9.88 Å². The van der Waals surface area contributed by atoms with E-state index in [4.69, 9.17) is 4.74 Å². The number of hydrogen-bond donors (Lipinski definition) is 1. The summed E-state index contributed by atoms with van der Waals surface area (Å²) in [5.74, 6) is -1.03. The SMILES string of the molecule is COc1ncc(-c2ccccc2)cc1C(c1ccccc1C(F)(F)F)C(O)(CCN(C)C)c1cccc2ccccc12. The van der Waals surface area contributed by atoms with Gasteiger partial charge in [-0.1, -0.05) is 91.0 Å². The first-order chi connectivity index (χ1) is 20.1. The van der Waals surface area contributed by atoms with Crippen LogP contribution in [0.1, 0.15) is 34.6 Å². The summed E-state index contributed by atoms with van der Waals surface area (Å²) in [5.41, 5.74) is -0.208. The van der Waals surface area contributed by atoms with E-state index >= 15 is 0 Å². The summed E-state index contributed by atoms with van der Waals surface area (Å²) in [5, 5.41) is 14.7. The molecule has 0 aliphatic rings. The second-order valence-corrected chi connectivity index (χ2v) is 10.7. The lowest BCUT2D eigenvalue weighted by molar-refractivity contribution is -0.138. The maximum atomic E-state index is 14.7. The predicted octanol–water partition coefficient (Wildman–Crippen LogP) is 7.90. The zero-order valence-corrected chi connectivity index (χ0v) is 23.8. The summed E-state index contributed by atoms with van der Waals surface area (Å²) in [6.07, 6.45) is -2.88. The van der Waals surface area contributed by atoms with E-state index in [0.717, 1.165) is 22.4 Å². The minimum Gasteiger partial charge on any atom is -0.481 e. The summed E-state index contributed by atoms with van der Waals surface area (Å²) in [7, 11) is 5.19. The highest BCUT2D eigenvalue weighted by Gasteiger charge is 2.46. The van der Waals surface area contributed by atoms with Gasteiger partial charge in [-0.15, -0.1) is 0 Å². The summed E-state index contributed by atoms with van der Waals surface area (Å²) >= 11 is 0. The molecule has 5 aromatic rings. The molecule has 0 radical (unpaired) electrons. The molecule has 4 nitrogen and oxygen atoms in total. The Balaban J connectivity index is 1.89. The number of methoxy groups -OCH3 is 1. The highest BCUT2D eigenvalue weighted by atomic mass is 19.4. The molecule has 7 heteroatoms. The number of rotatable bonds is 9. The Labute approximate surface area is 244 Å². The third-order valence-electron chi connectivity index (χ3n) is 7.74. The van der Waals surface area contributed by atoms with Crippen LogP contribution in [0.15, 0.2) is 109 Å². The summed E-state index contributed by atoms with van der Waals surface area (Å²) in [4.78, 5) is 6.47. The van der Waals surface area contributed by atoms with Crippen molar-refractivity contribution in [2.45, 2.75) is 24.1 Å². The van der Waals surface area contributed by atoms with Crippen molar-refractivity contribution < 1.29 is 23.0 Å². The quantitative estimate of drug-likeness (QED) is 0.196. The average molecular weight is 571 g/mol. The van der Waals surface area contributed by atoms with Crippen molar-refractivity contribution in [2.24, 2.45) is 0 Å². The minimum absolute atomic E-state index is 0.0514. The van der Waals surface area contributed by atoms with Gasteiger partial charge in [0.1, 0.15) is 5.60 Å². The van der Waals surface area contributed by atoms with Crippen molar-refractivity contribution in [3.8, 4) is 17.0 Å². The molecule has 1 heterocycles. The van der Waals surface area contributed by atoms with E-state index in [1.54, 1.807) is 18.3 Å². The zero-order chi connectivity index (χ0) is 29.9. The van der Waals surface area contributed by atoms with E-state index in [9.17, 15) is 18.3 Å². The molecule has 2 atom stereocenters. The molecule has 1 aromatic heterocycles. The van der Waals surface area contributed by atoms with Crippen LogP contribution in [0.3, 0.4) is 0 Å². The summed E-state index contributed by atoms with van der Waals surface area (Å²) in [6.45, 7) is 0.415. The number of nitrogens with zero attached hydrogens (tertiary/aromatic N) is 2. The first-order valence-corrected chi connectivity index (χ1v) is 13.7. The smallest absolute Gasteiger partial charge is 0.416 e. The zero-order valence-electron chi connectivity index (χ0n) is 23.8. The number of fused-ring (bicyclic) bond motifs is 1. The molecule has 216 valence electrons. The molecule has 0 fully saturated rings. The van der Waals surface area contributed by atoms with Gasteiger partial charge in [-0.3, -0.25) is 0 Å². The van der Waals surface area contributed by atoms with Crippen LogP contribution in [-0.2, 0) is 11.8 Å². The largest absolute Gasteiger partial charge is 0.481 e. The Morgan fingerprint density at radius 1 is 0.786 bits per heavy atom. The topological polar surface area (TPSA) is 45.6 Å². The third-order valence-corrected chi connectivity index (χ3v) is 7.74. The number of alkyl halides is 3. The molecule has 4 aromatic carbocycles. The number of aliphatic hydroxyl groups is 1. The molecule has 0 bridgehead atoms. The summed E-state index contributed by atoms with van der Waals surface area (Å²) < 4.78 is 49.7. The van der Waals surface area contributed by atoms with Crippen LogP contribution in [-0.4, -0.2) is 42.7 Å². The molecule has 0 amide bonds. The molecule has 42 heavy (non-hydrogen) atoms. The number of hydrogen-bond acceptors (Lipinski definition) is 4. The van der Waals surface area contributed by atoms with E-state index in [2.05, 4.69) is 4.98 Å². The van der Waals surface area contributed by atoms with Gasteiger partial charge >= 0.3 is 6.18 Å². The van der Waals surface area contributed by atoms with Crippen molar-refractivity contribution in [3.63, 3.8) is 0 Å². The number of aromatic nitrogens is 1. The lowest BCUT2D eigenvalue weighted by atomic mass is 9.69. The first-order valence-electron chi connectivity index (χ1n) is 13.7. The molecular formula is C35H33F3N2O2. The lowest BCUT2D eigenvalue weighted by Crippen LogP contribution is -2.39. The monoisotopic (exact) mass is 570 g/mol. The van der Waals surface area contributed by atoms with Crippen LogP contribution in [0.2, 0.25) is 0 Å². The van der Waals surface area contributed by atoms with Crippen molar-refractivity contribution >= 4 is 10.8 Å². The van der Waals surface area contributed by atoms with Crippen LogP contribution >= 0.6 is 0 Å². The second-order valence-electron chi connectivity index (χ2n) is 10.7. The molecule has 0 saturated carbocycles. The van der Waals surface area contributed by atoms with Gasteiger partial charge in [0.05, 0.1) is 12.7 Å². The molecule has 0 saturated heterocycles. The fourth-order valence-corrected chi connectivity index (χ4v) is 5.76.